The molecule has 1 fully saturated rings. The summed E-state index contributed by atoms with van der Waals surface area (Å²) in [7, 11) is 0. The van der Waals surface area contributed by atoms with Crippen molar-refractivity contribution < 1.29 is 0 Å². The number of benzene rings is 2. The van der Waals surface area contributed by atoms with Gasteiger partial charge in [-0.05, 0) is 55.0 Å². The second kappa shape index (κ2) is 9.10. The van der Waals surface area contributed by atoms with Crippen molar-refractivity contribution in [2.24, 2.45) is 5.92 Å². The molecule has 2 aliphatic heterocycles. The van der Waals surface area contributed by atoms with Gasteiger partial charge in [-0.1, -0.05) is 96.2 Å². The second-order valence-corrected chi connectivity index (χ2v) is 11.7. The zero-order valence-corrected chi connectivity index (χ0v) is 22.1. The van der Waals surface area contributed by atoms with Crippen molar-refractivity contribution in [3.8, 4) is 0 Å². The van der Waals surface area contributed by atoms with Gasteiger partial charge in [0.25, 0.3) is 0 Å². The summed E-state index contributed by atoms with van der Waals surface area (Å²) < 4.78 is 0. The van der Waals surface area contributed by atoms with E-state index in [1.54, 1.807) is 5.56 Å². The molecule has 0 aromatic heterocycles. The number of likely N-dealkylation sites (N-methyl/N-ethyl adjacent to an activating group) is 1. The Morgan fingerprint density at radius 3 is 2.18 bits per heavy atom. The highest BCUT2D eigenvalue weighted by Gasteiger charge is 2.49. The highest BCUT2D eigenvalue weighted by atomic mass is 15.2. The van der Waals surface area contributed by atoms with Crippen LogP contribution in [0.4, 0.5) is 11.4 Å². The molecule has 0 spiro atoms. The Hall–Kier alpha value is -2.22. The fourth-order valence-electron chi connectivity index (χ4n) is 7.49. The van der Waals surface area contributed by atoms with E-state index in [1.807, 2.05) is 0 Å². The lowest BCUT2D eigenvalue weighted by Crippen LogP contribution is -2.45. The van der Waals surface area contributed by atoms with Gasteiger partial charge in [-0.2, -0.15) is 0 Å². The average molecular weight is 457 g/mol. The molecule has 0 amide bonds. The van der Waals surface area contributed by atoms with Gasteiger partial charge >= 0.3 is 0 Å². The highest BCUT2D eigenvalue weighted by molar-refractivity contribution is 5.72. The van der Waals surface area contributed by atoms with Crippen molar-refractivity contribution in [3.05, 3.63) is 71.4 Å². The standard InChI is InChI=1S/C32H44N2/c1-6-21-34-28-20-14-12-18-26(28)32(5,23-24-15-9-8-10-16-24)30(34)22-29-31(3,4)25-17-11-13-19-27(25)33(29)7-2/h11-14,17-20,22,24,30H,6-10,15-16,21,23H2,1-5H3. The Labute approximate surface area is 208 Å². The van der Waals surface area contributed by atoms with E-state index in [0.717, 1.165) is 19.0 Å². The first kappa shape index (κ1) is 23.5. The van der Waals surface area contributed by atoms with Crippen LogP contribution >= 0.6 is 0 Å². The lowest BCUT2D eigenvalue weighted by Gasteiger charge is -2.40. The normalized spacial score (nSPS) is 27.3. The number of allylic oxidation sites excluding steroid dienone is 1. The van der Waals surface area contributed by atoms with E-state index in [-0.39, 0.29) is 10.8 Å². The molecular formula is C32H44N2. The summed E-state index contributed by atoms with van der Waals surface area (Å²) in [6.45, 7) is 14.2. The third-order valence-corrected chi connectivity index (χ3v) is 9.15. The fraction of sp³-hybridized carbons (Fsp3) is 0.562. The van der Waals surface area contributed by atoms with E-state index in [4.69, 9.17) is 0 Å². The number of anilines is 2. The average Bonchev–Trinajstić information content (AvgIpc) is 3.21. The van der Waals surface area contributed by atoms with Crippen LogP contribution in [0.15, 0.2) is 60.3 Å². The molecule has 3 aliphatic rings. The van der Waals surface area contributed by atoms with Crippen molar-refractivity contribution in [2.45, 2.75) is 96.4 Å². The molecule has 1 saturated carbocycles. The van der Waals surface area contributed by atoms with E-state index in [1.165, 1.54) is 67.6 Å². The van der Waals surface area contributed by atoms with Crippen LogP contribution in [0.5, 0.6) is 0 Å². The van der Waals surface area contributed by atoms with Crippen LogP contribution in [0.3, 0.4) is 0 Å². The zero-order chi connectivity index (χ0) is 23.9. The Morgan fingerprint density at radius 2 is 1.50 bits per heavy atom. The number of rotatable bonds is 6. The summed E-state index contributed by atoms with van der Waals surface area (Å²) in [5.74, 6) is 0.852. The van der Waals surface area contributed by atoms with E-state index < -0.39 is 0 Å². The van der Waals surface area contributed by atoms with Gasteiger partial charge in [0.2, 0.25) is 0 Å². The van der Waals surface area contributed by atoms with Crippen molar-refractivity contribution in [2.75, 3.05) is 22.9 Å². The lowest BCUT2D eigenvalue weighted by molar-refractivity contribution is 0.259. The van der Waals surface area contributed by atoms with Crippen molar-refractivity contribution in [3.63, 3.8) is 0 Å². The van der Waals surface area contributed by atoms with Gasteiger partial charge in [0.1, 0.15) is 0 Å². The highest BCUT2D eigenvalue weighted by Crippen LogP contribution is 2.53. The molecule has 2 heterocycles. The Balaban J connectivity index is 1.63. The monoisotopic (exact) mass is 456 g/mol. The molecule has 34 heavy (non-hydrogen) atoms. The maximum absolute atomic E-state index is 2.75. The Kier molecular flexibility index (Phi) is 6.29. The smallest absolute Gasteiger partial charge is 0.0588 e. The molecule has 2 heteroatoms. The summed E-state index contributed by atoms with van der Waals surface area (Å²) in [6.07, 6.45) is 12.3. The van der Waals surface area contributed by atoms with Crippen LogP contribution in [0, 0.1) is 5.92 Å². The molecule has 5 rings (SSSR count). The predicted octanol–water partition coefficient (Wildman–Crippen LogP) is 8.21. The van der Waals surface area contributed by atoms with E-state index in [9.17, 15) is 0 Å². The topological polar surface area (TPSA) is 6.48 Å². The van der Waals surface area contributed by atoms with Crippen molar-refractivity contribution in [1.29, 1.82) is 0 Å². The van der Waals surface area contributed by atoms with Gasteiger partial charge in [0.05, 0.1) is 6.04 Å². The van der Waals surface area contributed by atoms with Gasteiger partial charge in [0, 0.05) is 41.0 Å². The van der Waals surface area contributed by atoms with E-state index in [0.29, 0.717) is 6.04 Å². The number of hydrogen-bond donors (Lipinski definition) is 0. The molecular weight excluding hydrogens is 412 g/mol. The fourth-order valence-corrected chi connectivity index (χ4v) is 7.49. The SMILES string of the molecule is CCCN1c2ccccc2C(C)(CC2CCCCC2)C1C=C1N(CC)c2ccccc2C1(C)C. The molecule has 182 valence electrons. The molecule has 2 aromatic rings. The molecule has 2 atom stereocenters. The van der Waals surface area contributed by atoms with Crippen LogP contribution in [-0.2, 0) is 10.8 Å². The minimum atomic E-state index is 0.0189. The minimum Gasteiger partial charge on any atom is -0.364 e. The maximum Gasteiger partial charge on any atom is 0.0588 e. The quantitative estimate of drug-likeness (QED) is 0.432. The van der Waals surface area contributed by atoms with E-state index in [2.05, 4.69) is 99.0 Å². The number of para-hydroxylation sites is 2. The first-order valence-corrected chi connectivity index (χ1v) is 13.9. The van der Waals surface area contributed by atoms with Crippen molar-refractivity contribution >= 4 is 11.4 Å². The first-order valence-electron chi connectivity index (χ1n) is 13.9. The summed E-state index contributed by atoms with van der Waals surface area (Å²) >= 11 is 0. The third-order valence-electron chi connectivity index (χ3n) is 9.15. The zero-order valence-electron chi connectivity index (χ0n) is 22.1. The van der Waals surface area contributed by atoms with Gasteiger partial charge in [-0.15, -0.1) is 0 Å². The van der Waals surface area contributed by atoms with Crippen LogP contribution in [-0.4, -0.2) is 19.1 Å². The molecule has 0 bridgehead atoms. The van der Waals surface area contributed by atoms with Crippen LogP contribution < -0.4 is 9.80 Å². The van der Waals surface area contributed by atoms with Crippen molar-refractivity contribution in [1.82, 2.24) is 0 Å². The second-order valence-electron chi connectivity index (χ2n) is 11.7. The molecule has 2 aromatic carbocycles. The molecule has 0 radical (unpaired) electrons. The predicted molar refractivity (Wildman–Crippen MR) is 147 cm³/mol. The maximum atomic E-state index is 2.75. The van der Waals surface area contributed by atoms with Gasteiger partial charge < -0.3 is 9.80 Å². The number of nitrogens with zero attached hydrogens (tertiary/aromatic N) is 2. The van der Waals surface area contributed by atoms with Crippen LogP contribution in [0.1, 0.15) is 90.7 Å². The molecule has 0 N–H and O–H groups in total. The van der Waals surface area contributed by atoms with Gasteiger partial charge in [-0.25, -0.2) is 0 Å². The Morgan fingerprint density at radius 1 is 0.853 bits per heavy atom. The van der Waals surface area contributed by atoms with Crippen LogP contribution in [0.25, 0.3) is 0 Å². The van der Waals surface area contributed by atoms with Crippen LogP contribution in [0.2, 0.25) is 0 Å². The minimum absolute atomic E-state index is 0.0189. The lowest BCUT2D eigenvalue weighted by atomic mass is 9.68. The molecule has 2 nitrogen and oxygen atoms in total. The first-order chi connectivity index (χ1) is 16.4. The summed E-state index contributed by atoms with van der Waals surface area (Å²) in [4.78, 5) is 5.33. The van der Waals surface area contributed by atoms with Gasteiger partial charge in [-0.3, -0.25) is 0 Å². The summed E-state index contributed by atoms with van der Waals surface area (Å²) in [5.41, 5.74) is 7.57. The number of hydrogen-bond acceptors (Lipinski definition) is 2. The molecule has 1 aliphatic carbocycles. The number of fused-ring (bicyclic) bond motifs is 2. The van der Waals surface area contributed by atoms with Gasteiger partial charge in [0.15, 0.2) is 0 Å². The third kappa shape index (κ3) is 3.69. The molecule has 2 unspecified atom stereocenters. The Bertz CT molecular complexity index is 1040. The summed E-state index contributed by atoms with van der Waals surface area (Å²) in [6, 6.07) is 18.8. The van der Waals surface area contributed by atoms with E-state index >= 15 is 0 Å². The molecule has 0 saturated heterocycles. The largest absolute Gasteiger partial charge is 0.364 e. The summed E-state index contributed by atoms with van der Waals surface area (Å²) in [5, 5.41) is 0.